The first-order chi connectivity index (χ1) is 6.13. The van der Waals surface area contributed by atoms with Crippen LogP contribution in [0, 0.1) is 5.92 Å². The quantitative estimate of drug-likeness (QED) is 0.709. The molecule has 0 saturated carbocycles. The molecular formula is C11H15NO. The number of aromatic nitrogens is 1. The summed E-state index contributed by atoms with van der Waals surface area (Å²) in [5, 5.41) is 0. The van der Waals surface area contributed by atoms with Gasteiger partial charge in [0.1, 0.15) is 5.78 Å². The van der Waals surface area contributed by atoms with Gasteiger partial charge in [-0.2, -0.15) is 0 Å². The molecule has 70 valence electrons. The molecule has 1 aromatic heterocycles. The Bertz CT molecular complexity index is 279. The summed E-state index contributed by atoms with van der Waals surface area (Å²) in [6.45, 7) is 5.71. The third kappa shape index (κ3) is 2.38. The van der Waals surface area contributed by atoms with Crippen LogP contribution in [-0.2, 0) is 4.79 Å². The zero-order valence-corrected chi connectivity index (χ0v) is 8.32. The molecule has 0 bridgehead atoms. The van der Waals surface area contributed by atoms with Gasteiger partial charge in [0.15, 0.2) is 0 Å². The fourth-order valence-electron chi connectivity index (χ4n) is 1.58. The molecule has 1 unspecified atom stereocenters. The third-order valence-electron chi connectivity index (χ3n) is 2.11. The predicted octanol–water partition coefficient (Wildman–Crippen LogP) is 2.41. The molecule has 0 fully saturated rings. The number of carbonyl (C=O) groups is 1. The second kappa shape index (κ2) is 4.17. The van der Waals surface area contributed by atoms with E-state index in [-0.39, 0.29) is 11.7 Å². The molecular weight excluding hydrogens is 162 g/mol. The number of carbonyl (C=O) groups excluding carboxylic acids is 1. The molecule has 0 amide bonds. The fraction of sp³-hybridized carbons (Fsp3) is 0.455. The van der Waals surface area contributed by atoms with Gasteiger partial charge in [-0.15, -0.1) is 0 Å². The zero-order chi connectivity index (χ0) is 9.84. The summed E-state index contributed by atoms with van der Waals surface area (Å²) < 4.78 is 0. The molecule has 0 aliphatic carbocycles. The van der Waals surface area contributed by atoms with Crippen molar-refractivity contribution in [3.63, 3.8) is 0 Å². The lowest BCUT2D eigenvalue weighted by Gasteiger charge is -2.16. The summed E-state index contributed by atoms with van der Waals surface area (Å²) in [4.78, 5) is 15.5. The average Bonchev–Trinajstić information content (AvgIpc) is 2.04. The maximum Gasteiger partial charge on any atom is 0.139 e. The molecule has 0 N–H and O–H groups in total. The highest BCUT2D eigenvalue weighted by Gasteiger charge is 2.21. The second-order valence-corrected chi connectivity index (χ2v) is 3.59. The summed E-state index contributed by atoms with van der Waals surface area (Å²) in [5.74, 6) is 0.447. The van der Waals surface area contributed by atoms with Crippen molar-refractivity contribution in [1.82, 2.24) is 4.98 Å². The smallest absolute Gasteiger partial charge is 0.139 e. The van der Waals surface area contributed by atoms with E-state index in [1.807, 2.05) is 32.0 Å². The Balaban J connectivity index is 2.96. The summed E-state index contributed by atoms with van der Waals surface area (Å²) in [6.07, 6.45) is 1.73. The van der Waals surface area contributed by atoms with Crippen LogP contribution in [-0.4, -0.2) is 10.8 Å². The minimum absolute atomic E-state index is 0.0544. The molecule has 1 aromatic rings. The van der Waals surface area contributed by atoms with Crippen molar-refractivity contribution >= 4 is 5.78 Å². The molecule has 2 nitrogen and oxygen atoms in total. The Hall–Kier alpha value is -1.18. The summed E-state index contributed by atoms with van der Waals surface area (Å²) in [7, 11) is 0. The van der Waals surface area contributed by atoms with E-state index in [9.17, 15) is 4.79 Å². The number of nitrogens with zero attached hydrogens (tertiary/aromatic N) is 1. The van der Waals surface area contributed by atoms with Crippen molar-refractivity contribution in [1.29, 1.82) is 0 Å². The van der Waals surface area contributed by atoms with Crippen LogP contribution in [0.3, 0.4) is 0 Å². The van der Waals surface area contributed by atoms with Crippen molar-refractivity contribution in [2.75, 3.05) is 0 Å². The lowest BCUT2D eigenvalue weighted by Crippen LogP contribution is -2.16. The van der Waals surface area contributed by atoms with Gasteiger partial charge in [0.2, 0.25) is 0 Å². The van der Waals surface area contributed by atoms with Gasteiger partial charge in [0.05, 0.1) is 11.6 Å². The van der Waals surface area contributed by atoms with Crippen LogP contribution in [0.15, 0.2) is 24.4 Å². The monoisotopic (exact) mass is 177 g/mol. The van der Waals surface area contributed by atoms with Crippen LogP contribution in [0.1, 0.15) is 32.4 Å². The Morgan fingerprint density at radius 3 is 2.46 bits per heavy atom. The van der Waals surface area contributed by atoms with Crippen molar-refractivity contribution in [2.24, 2.45) is 5.92 Å². The topological polar surface area (TPSA) is 30.0 Å². The second-order valence-electron chi connectivity index (χ2n) is 3.59. The highest BCUT2D eigenvalue weighted by atomic mass is 16.1. The first-order valence-corrected chi connectivity index (χ1v) is 4.54. The predicted molar refractivity (Wildman–Crippen MR) is 52.5 cm³/mol. The van der Waals surface area contributed by atoms with Crippen LogP contribution in [0.5, 0.6) is 0 Å². The zero-order valence-electron chi connectivity index (χ0n) is 8.32. The summed E-state index contributed by atoms with van der Waals surface area (Å²) in [5.41, 5.74) is 0.880. The van der Waals surface area contributed by atoms with E-state index in [4.69, 9.17) is 0 Å². The van der Waals surface area contributed by atoms with Crippen molar-refractivity contribution in [3.8, 4) is 0 Å². The summed E-state index contributed by atoms with van der Waals surface area (Å²) >= 11 is 0. The number of hydrogen-bond donors (Lipinski definition) is 0. The van der Waals surface area contributed by atoms with E-state index in [2.05, 4.69) is 4.98 Å². The van der Waals surface area contributed by atoms with Crippen LogP contribution in [0.25, 0.3) is 0 Å². The molecule has 1 heterocycles. The number of rotatable bonds is 3. The minimum Gasteiger partial charge on any atom is -0.299 e. The molecule has 0 aromatic carbocycles. The minimum atomic E-state index is -0.0544. The van der Waals surface area contributed by atoms with Crippen LogP contribution >= 0.6 is 0 Å². The van der Waals surface area contributed by atoms with Crippen molar-refractivity contribution in [3.05, 3.63) is 30.1 Å². The number of hydrogen-bond acceptors (Lipinski definition) is 2. The first kappa shape index (κ1) is 9.90. The van der Waals surface area contributed by atoms with Gasteiger partial charge >= 0.3 is 0 Å². The Labute approximate surface area is 79.0 Å². The maximum absolute atomic E-state index is 11.3. The first-order valence-electron chi connectivity index (χ1n) is 4.54. The van der Waals surface area contributed by atoms with Gasteiger partial charge in [-0.05, 0) is 25.0 Å². The Morgan fingerprint density at radius 2 is 2.08 bits per heavy atom. The Kier molecular flexibility index (Phi) is 3.18. The average molecular weight is 177 g/mol. The van der Waals surface area contributed by atoms with Gasteiger partial charge in [-0.25, -0.2) is 0 Å². The van der Waals surface area contributed by atoms with Gasteiger partial charge in [-0.1, -0.05) is 19.9 Å². The van der Waals surface area contributed by atoms with Crippen LogP contribution < -0.4 is 0 Å². The van der Waals surface area contributed by atoms with E-state index < -0.39 is 0 Å². The van der Waals surface area contributed by atoms with E-state index >= 15 is 0 Å². The lowest BCUT2D eigenvalue weighted by molar-refractivity contribution is -0.119. The summed E-state index contributed by atoms with van der Waals surface area (Å²) in [6, 6.07) is 5.69. The molecule has 0 aliphatic heterocycles. The van der Waals surface area contributed by atoms with Crippen LogP contribution in [0.4, 0.5) is 0 Å². The number of pyridine rings is 1. The molecule has 2 heteroatoms. The van der Waals surface area contributed by atoms with Gasteiger partial charge in [0, 0.05) is 6.20 Å². The lowest BCUT2D eigenvalue weighted by atomic mass is 9.89. The SMILES string of the molecule is CC(=O)C(c1ccccn1)C(C)C. The molecule has 0 saturated heterocycles. The highest BCUT2D eigenvalue weighted by molar-refractivity contribution is 5.83. The molecule has 1 atom stereocenters. The number of Topliss-reactive ketones (excluding diaryl/α,β-unsaturated/α-hetero) is 1. The molecule has 0 aliphatic rings. The standard InChI is InChI=1S/C11H15NO/c1-8(2)11(9(3)13)10-6-4-5-7-12-10/h4-8,11H,1-3H3. The fourth-order valence-corrected chi connectivity index (χ4v) is 1.58. The van der Waals surface area contributed by atoms with Crippen molar-refractivity contribution < 1.29 is 4.79 Å². The number of ketones is 1. The molecule has 1 rings (SSSR count). The van der Waals surface area contributed by atoms with E-state index in [1.165, 1.54) is 0 Å². The molecule has 0 radical (unpaired) electrons. The normalized spacial score (nSPS) is 12.9. The molecule has 13 heavy (non-hydrogen) atoms. The Morgan fingerprint density at radius 1 is 1.38 bits per heavy atom. The maximum atomic E-state index is 11.3. The van der Waals surface area contributed by atoms with E-state index in [0.29, 0.717) is 5.92 Å². The van der Waals surface area contributed by atoms with Crippen molar-refractivity contribution in [2.45, 2.75) is 26.7 Å². The van der Waals surface area contributed by atoms with E-state index in [0.717, 1.165) is 5.69 Å². The van der Waals surface area contributed by atoms with Gasteiger partial charge in [-0.3, -0.25) is 9.78 Å². The highest BCUT2D eigenvalue weighted by Crippen LogP contribution is 2.22. The van der Waals surface area contributed by atoms with E-state index in [1.54, 1.807) is 13.1 Å². The van der Waals surface area contributed by atoms with Crippen LogP contribution in [0.2, 0.25) is 0 Å². The largest absolute Gasteiger partial charge is 0.299 e. The third-order valence-corrected chi connectivity index (χ3v) is 2.11. The van der Waals surface area contributed by atoms with Gasteiger partial charge in [0.25, 0.3) is 0 Å². The van der Waals surface area contributed by atoms with Gasteiger partial charge < -0.3 is 0 Å². The molecule has 0 spiro atoms.